The van der Waals surface area contributed by atoms with Gasteiger partial charge in [-0.05, 0) is 55.9 Å². The predicted octanol–water partition coefficient (Wildman–Crippen LogP) is 1.67. The normalized spacial score (nSPS) is 25.0. The number of β-amino-alcohol motifs (C(OH)–C–C–N with tert-alkyl or cyclic N) is 1. The molecule has 28 heavy (non-hydrogen) atoms. The Morgan fingerprint density at radius 3 is 2.57 bits per heavy atom. The molecule has 3 rings (SSSR count). The predicted molar refractivity (Wildman–Crippen MR) is 106 cm³/mol. The van der Waals surface area contributed by atoms with Crippen LogP contribution in [0, 0.1) is 23.2 Å². The molecule has 1 saturated carbocycles. The van der Waals surface area contributed by atoms with Crippen molar-refractivity contribution in [2.45, 2.75) is 31.9 Å². The average molecular weight is 386 g/mol. The minimum Gasteiger partial charge on any atom is -0.491 e. The van der Waals surface area contributed by atoms with Gasteiger partial charge in [-0.3, -0.25) is 4.90 Å². The summed E-state index contributed by atoms with van der Waals surface area (Å²) in [6, 6.07) is 9.26. The van der Waals surface area contributed by atoms with Crippen molar-refractivity contribution in [3.8, 4) is 11.8 Å². The molecule has 1 aromatic rings. The molecule has 7 nitrogen and oxygen atoms in total. The summed E-state index contributed by atoms with van der Waals surface area (Å²) in [5.74, 6) is 1.57. The van der Waals surface area contributed by atoms with Crippen LogP contribution in [-0.2, 0) is 0 Å². The highest BCUT2D eigenvalue weighted by molar-refractivity contribution is 5.74. The number of aliphatic hydroxyl groups is 1. The number of urea groups is 1. The first kappa shape index (κ1) is 20.4. The Hall–Kier alpha value is -2.30. The van der Waals surface area contributed by atoms with Gasteiger partial charge in [0, 0.05) is 39.3 Å². The summed E-state index contributed by atoms with van der Waals surface area (Å²) >= 11 is 0. The van der Waals surface area contributed by atoms with Crippen LogP contribution in [-0.4, -0.2) is 72.9 Å². The molecule has 1 heterocycles. The van der Waals surface area contributed by atoms with Gasteiger partial charge < -0.3 is 20.1 Å². The lowest BCUT2D eigenvalue weighted by Crippen LogP contribution is -2.56. The van der Waals surface area contributed by atoms with Gasteiger partial charge in [-0.2, -0.15) is 5.26 Å². The number of carbonyl (C=O) groups excluding carboxylic acids is 1. The Balaban J connectivity index is 1.47. The Morgan fingerprint density at radius 2 is 2.00 bits per heavy atom. The number of benzene rings is 1. The van der Waals surface area contributed by atoms with Crippen molar-refractivity contribution in [2.24, 2.45) is 11.8 Å². The highest BCUT2D eigenvalue weighted by Crippen LogP contribution is 2.39. The number of nitrogens with zero attached hydrogens (tertiary/aromatic N) is 3. The molecule has 0 radical (unpaired) electrons. The molecule has 1 aromatic carbocycles. The molecule has 0 spiro atoms. The number of rotatable bonds is 7. The molecule has 1 aliphatic heterocycles. The fraction of sp³-hybridized carbons (Fsp3) is 0.619. The number of hydrogen-bond donors (Lipinski definition) is 2. The van der Waals surface area contributed by atoms with E-state index in [4.69, 9.17) is 10.00 Å². The van der Waals surface area contributed by atoms with Crippen molar-refractivity contribution in [3.63, 3.8) is 0 Å². The molecule has 3 unspecified atom stereocenters. The molecule has 2 bridgehead atoms. The van der Waals surface area contributed by atoms with E-state index in [-0.39, 0.29) is 18.7 Å². The number of piperidine rings is 1. The Labute approximate surface area is 166 Å². The first-order chi connectivity index (χ1) is 13.5. The van der Waals surface area contributed by atoms with Gasteiger partial charge in [0.05, 0.1) is 11.6 Å². The van der Waals surface area contributed by atoms with Gasteiger partial charge in [-0.15, -0.1) is 0 Å². The van der Waals surface area contributed by atoms with Crippen LogP contribution in [0.4, 0.5) is 4.79 Å². The first-order valence-electron chi connectivity index (χ1n) is 10.1. The van der Waals surface area contributed by atoms with Crippen LogP contribution >= 0.6 is 0 Å². The summed E-state index contributed by atoms with van der Waals surface area (Å²) in [5, 5.41) is 22.1. The minimum atomic E-state index is -0.576. The molecular weight excluding hydrogens is 356 g/mol. The SMILES string of the molecule is CCNC(=O)N(C)C1C2CCC1CN(CC(O)COc1ccc(C#N)cc1)C2. The van der Waals surface area contributed by atoms with Crippen molar-refractivity contribution in [1.82, 2.24) is 15.1 Å². The number of ether oxygens (including phenoxy) is 1. The van der Waals surface area contributed by atoms with Crippen LogP contribution in [0.2, 0.25) is 0 Å². The van der Waals surface area contributed by atoms with Gasteiger partial charge in [-0.25, -0.2) is 4.79 Å². The van der Waals surface area contributed by atoms with Gasteiger partial charge in [0.15, 0.2) is 0 Å². The smallest absolute Gasteiger partial charge is 0.317 e. The monoisotopic (exact) mass is 386 g/mol. The molecular formula is C21H30N4O3. The van der Waals surface area contributed by atoms with E-state index < -0.39 is 6.10 Å². The number of nitriles is 1. The van der Waals surface area contributed by atoms with Crippen molar-refractivity contribution >= 4 is 6.03 Å². The standard InChI is InChI=1S/C21H30N4O3/c1-3-23-21(27)24(2)20-16-6-7-17(20)12-25(11-16)13-18(26)14-28-19-8-4-15(10-22)5-9-19/h4-5,8-9,16-18,20,26H,3,6-7,11-14H2,1-2H3,(H,23,27). The summed E-state index contributed by atoms with van der Waals surface area (Å²) in [6.45, 7) is 5.17. The maximum Gasteiger partial charge on any atom is 0.317 e. The van der Waals surface area contributed by atoms with E-state index in [0.29, 0.717) is 36.2 Å². The summed E-state index contributed by atoms with van der Waals surface area (Å²) < 4.78 is 5.65. The number of nitrogens with one attached hydrogen (secondary N) is 1. The molecule has 152 valence electrons. The van der Waals surface area contributed by atoms with Crippen molar-refractivity contribution in [3.05, 3.63) is 29.8 Å². The first-order valence-corrected chi connectivity index (χ1v) is 10.1. The van der Waals surface area contributed by atoms with E-state index in [2.05, 4.69) is 16.3 Å². The molecule has 2 fully saturated rings. The summed E-state index contributed by atoms with van der Waals surface area (Å²) in [7, 11) is 1.90. The Kier molecular flexibility index (Phi) is 6.76. The fourth-order valence-corrected chi connectivity index (χ4v) is 4.65. The van der Waals surface area contributed by atoms with Crippen LogP contribution in [0.15, 0.2) is 24.3 Å². The minimum absolute atomic E-state index is 0.00806. The third-order valence-corrected chi connectivity index (χ3v) is 5.85. The van der Waals surface area contributed by atoms with E-state index in [1.807, 2.05) is 18.9 Å². The number of hydrogen-bond acceptors (Lipinski definition) is 5. The Bertz CT molecular complexity index is 689. The second-order valence-corrected chi connectivity index (χ2v) is 7.85. The van der Waals surface area contributed by atoms with E-state index >= 15 is 0 Å². The largest absolute Gasteiger partial charge is 0.491 e. The molecule has 1 saturated heterocycles. The number of carbonyl (C=O) groups is 1. The van der Waals surface area contributed by atoms with Crippen molar-refractivity contribution < 1.29 is 14.6 Å². The van der Waals surface area contributed by atoms with Crippen LogP contribution in [0.3, 0.4) is 0 Å². The van der Waals surface area contributed by atoms with Gasteiger partial charge in [-0.1, -0.05) is 0 Å². The number of amides is 2. The van der Waals surface area contributed by atoms with Crippen LogP contribution in [0.25, 0.3) is 0 Å². The summed E-state index contributed by atoms with van der Waals surface area (Å²) in [5.41, 5.74) is 0.587. The molecule has 2 N–H and O–H groups in total. The zero-order chi connectivity index (χ0) is 20.1. The highest BCUT2D eigenvalue weighted by Gasteiger charge is 2.45. The topological polar surface area (TPSA) is 88.8 Å². The highest BCUT2D eigenvalue weighted by atomic mass is 16.5. The lowest BCUT2D eigenvalue weighted by atomic mass is 9.91. The lowest BCUT2D eigenvalue weighted by molar-refractivity contribution is 0.0264. The van der Waals surface area contributed by atoms with E-state index in [1.54, 1.807) is 24.3 Å². The molecule has 3 atom stereocenters. The number of likely N-dealkylation sites (tertiary alicyclic amines) is 1. The molecule has 7 heteroatoms. The van der Waals surface area contributed by atoms with Crippen LogP contribution in [0.5, 0.6) is 5.75 Å². The zero-order valence-corrected chi connectivity index (χ0v) is 16.7. The van der Waals surface area contributed by atoms with E-state index in [0.717, 1.165) is 25.9 Å². The molecule has 2 aliphatic rings. The second kappa shape index (κ2) is 9.26. The molecule has 0 aromatic heterocycles. The summed E-state index contributed by atoms with van der Waals surface area (Å²) in [4.78, 5) is 16.4. The summed E-state index contributed by atoms with van der Waals surface area (Å²) in [6.07, 6.45) is 1.69. The maximum absolute atomic E-state index is 12.2. The fourth-order valence-electron chi connectivity index (χ4n) is 4.65. The van der Waals surface area contributed by atoms with Crippen LogP contribution in [0.1, 0.15) is 25.3 Å². The average Bonchev–Trinajstić information content (AvgIpc) is 2.96. The van der Waals surface area contributed by atoms with Gasteiger partial charge in [0.25, 0.3) is 0 Å². The molecule has 1 aliphatic carbocycles. The van der Waals surface area contributed by atoms with Gasteiger partial charge in [0.2, 0.25) is 0 Å². The van der Waals surface area contributed by atoms with Crippen molar-refractivity contribution in [2.75, 3.05) is 39.8 Å². The Morgan fingerprint density at radius 1 is 1.36 bits per heavy atom. The number of fused-ring (bicyclic) bond motifs is 2. The van der Waals surface area contributed by atoms with Crippen molar-refractivity contribution in [1.29, 1.82) is 5.26 Å². The van der Waals surface area contributed by atoms with Gasteiger partial charge in [0.1, 0.15) is 18.5 Å². The number of aliphatic hydroxyl groups excluding tert-OH is 1. The zero-order valence-electron chi connectivity index (χ0n) is 16.7. The maximum atomic E-state index is 12.2. The van der Waals surface area contributed by atoms with Crippen LogP contribution < -0.4 is 10.1 Å². The van der Waals surface area contributed by atoms with E-state index in [9.17, 15) is 9.90 Å². The molecule has 2 amide bonds. The third kappa shape index (κ3) is 4.75. The van der Waals surface area contributed by atoms with Gasteiger partial charge >= 0.3 is 6.03 Å². The second-order valence-electron chi connectivity index (χ2n) is 7.85. The quantitative estimate of drug-likeness (QED) is 0.744. The third-order valence-electron chi connectivity index (χ3n) is 5.85. The lowest BCUT2D eigenvalue weighted by Gasteiger charge is -2.42. The van der Waals surface area contributed by atoms with E-state index in [1.165, 1.54) is 0 Å².